The number of carbonyl (C=O) groups is 1. The zero-order valence-electron chi connectivity index (χ0n) is 11.9. The SMILES string of the molecule is O=C(CCc1csc(-c2ccncc2)n1)NC1CCCC1. The first kappa shape index (κ1) is 14.2. The van der Waals surface area contributed by atoms with Crippen LogP contribution in [-0.2, 0) is 11.2 Å². The van der Waals surface area contributed by atoms with E-state index in [2.05, 4.69) is 15.3 Å². The molecule has 0 aliphatic heterocycles. The lowest BCUT2D eigenvalue weighted by molar-refractivity contribution is -0.121. The van der Waals surface area contributed by atoms with E-state index in [0.29, 0.717) is 18.9 Å². The second-order valence-electron chi connectivity index (χ2n) is 5.43. The lowest BCUT2D eigenvalue weighted by Crippen LogP contribution is -2.32. The molecule has 0 radical (unpaired) electrons. The van der Waals surface area contributed by atoms with Crippen LogP contribution in [0.1, 0.15) is 37.8 Å². The van der Waals surface area contributed by atoms with Crippen LogP contribution in [-0.4, -0.2) is 21.9 Å². The van der Waals surface area contributed by atoms with Crippen molar-refractivity contribution in [1.82, 2.24) is 15.3 Å². The third-order valence-corrected chi connectivity index (χ3v) is 4.75. The van der Waals surface area contributed by atoms with Gasteiger partial charge in [-0.2, -0.15) is 0 Å². The molecule has 1 fully saturated rings. The summed E-state index contributed by atoms with van der Waals surface area (Å²) in [6.07, 6.45) is 9.52. The monoisotopic (exact) mass is 301 g/mol. The molecule has 0 unspecified atom stereocenters. The maximum atomic E-state index is 11.9. The number of pyridine rings is 1. The lowest BCUT2D eigenvalue weighted by Gasteiger charge is -2.11. The Hall–Kier alpha value is -1.75. The highest BCUT2D eigenvalue weighted by atomic mass is 32.1. The Balaban J connectivity index is 1.51. The molecule has 2 aromatic heterocycles. The van der Waals surface area contributed by atoms with Crippen LogP contribution >= 0.6 is 11.3 Å². The first-order chi connectivity index (χ1) is 10.3. The molecule has 110 valence electrons. The number of aryl methyl sites for hydroxylation is 1. The van der Waals surface area contributed by atoms with Crippen molar-refractivity contribution in [3.05, 3.63) is 35.6 Å². The summed E-state index contributed by atoms with van der Waals surface area (Å²) in [5.41, 5.74) is 2.07. The van der Waals surface area contributed by atoms with E-state index in [4.69, 9.17) is 0 Å². The van der Waals surface area contributed by atoms with E-state index in [1.165, 1.54) is 12.8 Å². The average molecular weight is 301 g/mol. The first-order valence-corrected chi connectivity index (χ1v) is 8.33. The summed E-state index contributed by atoms with van der Waals surface area (Å²) in [5, 5.41) is 6.15. The molecule has 2 heterocycles. The molecule has 0 aromatic carbocycles. The van der Waals surface area contributed by atoms with Crippen LogP contribution < -0.4 is 5.32 Å². The summed E-state index contributed by atoms with van der Waals surface area (Å²) in [7, 11) is 0. The molecule has 0 saturated heterocycles. The van der Waals surface area contributed by atoms with E-state index in [9.17, 15) is 4.79 Å². The summed E-state index contributed by atoms with van der Waals surface area (Å²) in [6.45, 7) is 0. The molecule has 2 aromatic rings. The number of thiazole rings is 1. The fourth-order valence-electron chi connectivity index (χ4n) is 2.66. The largest absolute Gasteiger partial charge is 0.353 e. The van der Waals surface area contributed by atoms with Crippen molar-refractivity contribution in [1.29, 1.82) is 0 Å². The molecule has 1 aliphatic rings. The molecule has 21 heavy (non-hydrogen) atoms. The highest BCUT2D eigenvalue weighted by molar-refractivity contribution is 7.13. The average Bonchev–Trinajstić information content (AvgIpc) is 3.17. The molecule has 1 amide bonds. The smallest absolute Gasteiger partial charge is 0.220 e. The number of aromatic nitrogens is 2. The van der Waals surface area contributed by atoms with Crippen molar-refractivity contribution in [2.45, 2.75) is 44.6 Å². The first-order valence-electron chi connectivity index (χ1n) is 7.45. The molecule has 1 saturated carbocycles. The van der Waals surface area contributed by atoms with E-state index >= 15 is 0 Å². The van der Waals surface area contributed by atoms with Gasteiger partial charge in [0.25, 0.3) is 0 Å². The molecular weight excluding hydrogens is 282 g/mol. The minimum Gasteiger partial charge on any atom is -0.353 e. The van der Waals surface area contributed by atoms with Gasteiger partial charge in [0.05, 0.1) is 5.69 Å². The summed E-state index contributed by atoms with van der Waals surface area (Å²) in [6, 6.07) is 4.31. The number of nitrogens with zero attached hydrogens (tertiary/aromatic N) is 2. The van der Waals surface area contributed by atoms with Gasteiger partial charge in [-0.25, -0.2) is 4.98 Å². The van der Waals surface area contributed by atoms with E-state index in [1.807, 2.05) is 17.5 Å². The van der Waals surface area contributed by atoms with E-state index in [0.717, 1.165) is 29.1 Å². The van der Waals surface area contributed by atoms with Gasteiger partial charge < -0.3 is 5.32 Å². The third-order valence-electron chi connectivity index (χ3n) is 3.81. The van der Waals surface area contributed by atoms with E-state index < -0.39 is 0 Å². The van der Waals surface area contributed by atoms with Crippen LogP contribution in [0.3, 0.4) is 0 Å². The van der Waals surface area contributed by atoms with Crippen LogP contribution in [0.4, 0.5) is 0 Å². The quantitative estimate of drug-likeness (QED) is 0.922. The van der Waals surface area contributed by atoms with Gasteiger partial charge in [0.1, 0.15) is 5.01 Å². The summed E-state index contributed by atoms with van der Waals surface area (Å²) >= 11 is 1.62. The van der Waals surface area contributed by atoms with Crippen molar-refractivity contribution < 1.29 is 4.79 Å². The van der Waals surface area contributed by atoms with Gasteiger partial charge in [-0.3, -0.25) is 9.78 Å². The summed E-state index contributed by atoms with van der Waals surface area (Å²) in [4.78, 5) is 20.5. The predicted molar refractivity (Wildman–Crippen MR) is 84.1 cm³/mol. The molecule has 3 rings (SSSR count). The summed E-state index contributed by atoms with van der Waals surface area (Å²) < 4.78 is 0. The predicted octanol–water partition coefficient (Wildman–Crippen LogP) is 3.20. The van der Waals surface area contributed by atoms with Crippen molar-refractivity contribution >= 4 is 17.2 Å². The molecule has 4 nitrogen and oxygen atoms in total. The normalized spacial score (nSPS) is 15.2. The molecule has 5 heteroatoms. The van der Waals surface area contributed by atoms with E-state index in [1.54, 1.807) is 23.7 Å². The highest BCUT2D eigenvalue weighted by Crippen LogP contribution is 2.23. The van der Waals surface area contributed by atoms with Crippen LogP contribution in [0.25, 0.3) is 10.6 Å². The maximum Gasteiger partial charge on any atom is 0.220 e. The second kappa shape index (κ2) is 6.80. The number of carbonyl (C=O) groups excluding carboxylic acids is 1. The van der Waals surface area contributed by atoms with Crippen molar-refractivity contribution in [2.75, 3.05) is 0 Å². The molecular formula is C16H19N3OS. The van der Waals surface area contributed by atoms with Gasteiger partial charge in [-0.05, 0) is 31.4 Å². The van der Waals surface area contributed by atoms with Gasteiger partial charge in [0, 0.05) is 35.8 Å². The number of hydrogen-bond acceptors (Lipinski definition) is 4. The zero-order valence-corrected chi connectivity index (χ0v) is 12.7. The molecule has 0 bridgehead atoms. The van der Waals surface area contributed by atoms with Crippen molar-refractivity contribution in [3.63, 3.8) is 0 Å². The van der Waals surface area contributed by atoms with Gasteiger partial charge >= 0.3 is 0 Å². The van der Waals surface area contributed by atoms with E-state index in [-0.39, 0.29) is 5.91 Å². The Labute approximate surface area is 128 Å². The van der Waals surface area contributed by atoms with Gasteiger partial charge in [0.15, 0.2) is 0 Å². The fraction of sp³-hybridized carbons (Fsp3) is 0.438. The summed E-state index contributed by atoms with van der Waals surface area (Å²) in [5.74, 6) is 0.153. The van der Waals surface area contributed by atoms with Crippen molar-refractivity contribution in [2.24, 2.45) is 0 Å². The fourth-order valence-corrected chi connectivity index (χ4v) is 3.52. The maximum absolute atomic E-state index is 11.9. The third kappa shape index (κ3) is 3.88. The minimum absolute atomic E-state index is 0.153. The highest BCUT2D eigenvalue weighted by Gasteiger charge is 2.17. The van der Waals surface area contributed by atoms with Gasteiger partial charge in [-0.1, -0.05) is 12.8 Å². The van der Waals surface area contributed by atoms with Crippen LogP contribution in [0.5, 0.6) is 0 Å². The Morgan fingerprint density at radius 1 is 1.29 bits per heavy atom. The van der Waals surface area contributed by atoms with Crippen molar-refractivity contribution in [3.8, 4) is 10.6 Å². The zero-order chi connectivity index (χ0) is 14.5. The Bertz CT molecular complexity index is 591. The number of amides is 1. The second-order valence-corrected chi connectivity index (χ2v) is 6.29. The standard InChI is InChI=1S/C16H19N3OS/c20-15(18-13-3-1-2-4-13)6-5-14-11-21-16(19-14)12-7-9-17-10-8-12/h7-11,13H,1-6H2,(H,18,20). The molecule has 0 spiro atoms. The molecule has 1 aliphatic carbocycles. The number of hydrogen-bond donors (Lipinski definition) is 1. The van der Waals surface area contributed by atoms with Crippen LogP contribution in [0.2, 0.25) is 0 Å². The topological polar surface area (TPSA) is 54.9 Å². The molecule has 0 atom stereocenters. The van der Waals surface area contributed by atoms with Gasteiger partial charge in [0.2, 0.25) is 5.91 Å². The Kier molecular flexibility index (Phi) is 4.60. The Morgan fingerprint density at radius 2 is 2.05 bits per heavy atom. The lowest BCUT2D eigenvalue weighted by atomic mass is 10.2. The Morgan fingerprint density at radius 3 is 2.81 bits per heavy atom. The number of rotatable bonds is 5. The van der Waals surface area contributed by atoms with Crippen LogP contribution in [0, 0.1) is 0 Å². The minimum atomic E-state index is 0.153. The number of nitrogens with one attached hydrogen (secondary N) is 1. The van der Waals surface area contributed by atoms with Crippen LogP contribution in [0.15, 0.2) is 29.9 Å². The van der Waals surface area contributed by atoms with Gasteiger partial charge in [-0.15, -0.1) is 11.3 Å². The molecule has 1 N–H and O–H groups in total.